The van der Waals surface area contributed by atoms with Gasteiger partial charge in [-0.25, -0.2) is 0 Å². The van der Waals surface area contributed by atoms with Crippen LogP contribution in [0.5, 0.6) is 0 Å². The Bertz CT molecular complexity index is 324. The highest BCUT2D eigenvalue weighted by atomic mass is 16.5. The van der Waals surface area contributed by atoms with E-state index in [9.17, 15) is 4.79 Å². The first kappa shape index (κ1) is 11.7. The number of carbonyl (C=O) groups is 1. The molecule has 0 fully saturated rings. The summed E-state index contributed by atoms with van der Waals surface area (Å²) in [5, 5.41) is 0. The number of hydrogen-bond donors (Lipinski definition) is 1. The molecule has 0 radical (unpaired) electrons. The fourth-order valence-corrected chi connectivity index (χ4v) is 1.50. The Kier molecular flexibility index (Phi) is 3.86. The molecule has 3 heteroatoms. The summed E-state index contributed by atoms with van der Waals surface area (Å²) in [7, 11) is 1.37. The Hall–Kier alpha value is -1.35. The van der Waals surface area contributed by atoms with Gasteiger partial charge in [0.1, 0.15) is 5.54 Å². The first-order chi connectivity index (χ1) is 7.12. The fraction of sp³-hybridized carbons (Fsp3) is 0.417. The zero-order chi connectivity index (χ0) is 11.3. The number of hydrogen-bond acceptors (Lipinski definition) is 3. The lowest BCUT2D eigenvalue weighted by atomic mass is 9.89. The van der Waals surface area contributed by atoms with Gasteiger partial charge in [0.05, 0.1) is 7.11 Å². The van der Waals surface area contributed by atoms with Crippen LogP contribution in [0.15, 0.2) is 30.3 Å². The molecule has 0 heterocycles. The van der Waals surface area contributed by atoms with E-state index in [1.54, 1.807) is 0 Å². The molecule has 15 heavy (non-hydrogen) atoms. The minimum Gasteiger partial charge on any atom is -0.468 e. The normalized spacial score (nSPS) is 14.3. The fourth-order valence-electron chi connectivity index (χ4n) is 1.50. The van der Waals surface area contributed by atoms with Crippen molar-refractivity contribution in [2.24, 2.45) is 5.73 Å². The van der Waals surface area contributed by atoms with Crippen LogP contribution >= 0.6 is 0 Å². The summed E-state index contributed by atoms with van der Waals surface area (Å²) >= 11 is 0. The van der Waals surface area contributed by atoms with Crippen LogP contribution in [-0.4, -0.2) is 18.6 Å². The largest absolute Gasteiger partial charge is 0.468 e. The van der Waals surface area contributed by atoms with Crippen molar-refractivity contribution in [2.75, 3.05) is 7.11 Å². The summed E-state index contributed by atoms with van der Waals surface area (Å²) < 4.78 is 4.71. The maximum absolute atomic E-state index is 11.5. The smallest absolute Gasteiger partial charge is 0.326 e. The van der Waals surface area contributed by atoms with Crippen LogP contribution < -0.4 is 5.73 Å². The Labute approximate surface area is 90.2 Å². The van der Waals surface area contributed by atoms with E-state index in [2.05, 4.69) is 0 Å². The minimum absolute atomic E-state index is 0.353. The summed E-state index contributed by atoms with van der Waals surface area (Å²) in [4.78, 5) is 11.5. The van der Waals surface area contributed by atoms with Crippen molar-refractivity contribution in [1.29, 1.82) is 0 Å². The van der Waals surface area contributed by atoms with Crippen molar-refractivity contribution in [3.63, 3.8) is 0 Å². The first-order valence-corrected chi connectivity index (χ1v) is 5.03. The van der Waals surface area contributed by atoms with Gasteiger partial charge in [-0.15, -0.1) is 0 Å². The molecule has 1 aromatic carbocycles. The molecule has 0 aromatic heterocycles. The minimum atomic E-state index is -0.907. The number of rotatable bonds is 4. The van der Waals surface area contributed by atoms with E-state index in [1.807, 2.05) is 37.3 Å². The van der Waals surface area contributed by atoms with Crippen LogP contribution in [0, 0.1) is 0 Å². The van der Waals surface area contributed by atoms with Gasteiger partial charge in [-0.05, 0) is 12.0 Å². The zero-order valence-electron chi connectivity index (χ0n) is 9.19. The average Bonchev–Trinajstić information content (AvgIpc) is 2.29. The molecule has 0 saturated carbocycles. The Balaban J connectivity index is 2.81. The topological polar surface area (TPSA) is 52.3 Å². The van der Waals surface area contributed by atoms with E-state index < -0.39 is 5.54 Å². The highest BCUT2D eigenvalue weighted by Gasteiger charge is 2.33. The molecule has 3 nitrogen and oxygen atoms in total. The molecular formula is C12H17NO2. The van der Waals surface area contributed by atoms with E-state index >= 15 is 0 Å². The summed E-state index contributed by atoms with van der Waals surface area (Å²) in [6.45, 7) is 1.89. The molecule has 0 bridgehead atoms. The third-order valence-electron chi connectivity index (χ3n) is 2.59. The molecular weight excluding hydrogens is 190 g/mol. The summed E-state index contributed by atoms with van der Waals surface area (Å²) in [6.07, 6.45) is 1.07. The third-order valence-corrected chi connectivity index (χ3v) is 2.59. The molecule has 2 N–H and O–H groups in total. The Morgan fingerprint density at radius 2 is 2.00 bits per heavy atom. The highest BCUT2D eigenvalue weighted by Crippen LogP contribution is 2.16. The van der Waals surface area contributed by atoms with Gasteiger partial charge in [0.25, 0.3) is 0 Å². The Morgan fingerprint density at radius 3 is 2.47 bits per heavy atom. The Morgan fingerprint density at radius 1 is 1.40 bits per heavy atom. The van der Waals surface area contributed by atoms with Crippen molar-refractivity contribution in [1.82, 2.24) is 0 Å². The highest BCUT2D eigenvalue weighted by molar-refractivity contribution is 5.80. The maximum atomic E-state index is 11.5. The van der Waals surface area contributed by atoms with Crippen LogP contribution in [0.25, 0.3) is 0 Å². The second-order valence-electron chi connectivity index (χ2n) is 3.66. The van der Waals surface area contributed by atoms with E-state index in [4.69, 9.17) is 10.5 Å². The van der Waals surface area contributed by atoms with Crippen molar-refractivity contribution in [3.8, 4) is 0 Å². The maximum Gasteiger partial charge on any atom is 0.326 e. The lowest BCUT2D eigenvalue weighted by molar-refractivity contribution is -0.147. The van der Waals surface area contributed by atoms with Gasteiger partial charge in [0.2, 0.25) is 0 Å². The second-order valence-corrected chi connectivity index (χ2v) is 3.66. The molecule has 0 saturated heterocycles. The quantitative estimate of drug-likeness (QED) is 0.761. The van der Waals surface area contributed by atoms with Gasteiger partial charge >= 0.3 is 5.97 Å². The van der Waals surface area contributed by atoms with Crippen molar-refractivity contribution >= 4 is 5.97 Å². The standard InChI is InChI=1S/C12H17NO2/c1-3-12(13,11(14)15-2)9-10-7-5-4-6-8-10/h4-8H,3,9,13H2,1-2H3. The van der Waals surface area contributed by atoms with Crippen molar-refractivity contribution < 1.29 is 9.53 Å². The zero-order valence-corrected chi connectivity index (χ0v) is 9.19. The van der Waals surface area contributed by atoms with Gasteiger partial charge in [0.15, 0.2) is 0 Å². The molecule has 0 amide bonds. The third kappa shape index (κ3) is 2.80. The van der Waals surface area contributed by atoms with Crippen LogP contribution in [0.4, 0.5) is 0 Å². The van der Waals surface area contributed by atoms with Crippen molar-refractivity contribution in [2.45, 2.75) is 25.3 Å². The molecule has 0 spiro atoms. The summed E-state index contributed by atoms with van der Waals surface area (Å²) in [5.41, 5.74) is 6.15. The number of esters is 1. The van der Waals surface area contributed by atoms with Crippen LogP contribution in [-0.2, 0) is 16.0 Å². The van der Waals surface area contributed by atoms with Gasteiger partial charge in [0, 0.05) is 6.42 Å². The molecule has 1 rings (SSSR count). The average molecular weight is 207 g/mol. The number of nitrogens with two attached hydrogens (primary N) is 1. The number of methoxy groups -OCH3 is 1. The molecule has 1 aromatic rings. The van der Waals surface area contributed by atoms with Crippen LogP contribution in [0.2, 0.25) is 0 Å². The summed E-state index contributed by atoms with van der Waals surface area (Å²) in [5.74, 6) is -0.353. The van der Waals surface area contributed by atoms with Crippen LogP contribution in [0.1, 0.15) is 18.9 Å². The summed E-state index contributed by atoms with van der Waals surface area (Å²) in [6, 6.07) is 9.72. The second kappa shape index (κ2) is 4.94. The van der Waals surface area contributed by atoms with Crippen molar-refractivity contribution in [3.05, 3.63) is 35.9 Å². The monoisotopic (exact) mass is 207 g/mol. The van der Waals surface area contributed by atoms with Crippen LogP contribution in [0.3, 0.4) is 0 Å². The van der Waals surface area contributed by atoms with E-state index in [0.29, 0.717) is 12.8 Å². The molecule has 1 unspecified atom stereocenters. The lowest BCUT2D eigenvalue weighted by Gasteiger charge is -2.24. The molecule has 0 aliphatic heterocycles. The predicted molar refractivity (Wildman–Crippen MR) is 59.4 cm³/mol. The predicted octanol–water partition coefficient (Wildman–Crippen LogP) is 1.51. The first-order valence-electron chi connectivity index (χ1n) is 5.03. The molecule has 0 aliphatic rings. The number of ether oxygens (including phenoxy) is 1. The number of benzene rings is 1. The van der Waals surface area contributed by atoms with E-state index in [0.717, 1.165) is 5.56 Å². The lowest BCUT2D eigenvalue weighted by Crippen LogP contribution is -2.50. The van der Waals surface area contributed by atoms with Gasteiger partial charge in [-0.1, -0.05) is 37.3 Å². The molecule has 0 aliphatic carbocycles. The van der Waals surface area contributed by atoms with Gasteiger partial charge in [-0.3, -0.25) is 4.79 Å². The molecule has 82 valence electrons. The SMILES string of the molecule is CCC(N)(Cc1ccccc1)C(=O)OC. The van der Waals surface area contributed by atoms with E-state index in [-0.39, 0.29) is 5.97 Å². The number of carbonyl (C=O) groups excluding carboxylic acids is 1. The van der Waals surface area contributed by atoms with E-state index in [1.165, 1.54) is 7.11 Å². The van der Waals surface area contributed by atoms with Gasteiger partial charge < -0.3 is 10.5 Å². The molecule has 1 atom stereocenters. The van der Waals surface area contributed by atoms with Gasteiger partial charge in [-0.2, -0.15) is 0 Å².